The van der Waals surface area contributed by atoms with E-state index in [-0.39, 0.29) is 61.6 Å². The monoisotopic (exact) mass is 258 g/mol. The Bertz CT molecular complexity index is 10.8. The second kappa shape index (κ2) is 78.1. The van der Waals surface area contributed by atoms with Gasteiger partial charge in [0.2, 0.25) is 0 Å². The van der Waals surface area contributed by atoms with Crippen molar-refractivity contribution >= 4 is 24.4 Å². The van der Waals surface area contributed by atoms with Crippen LogP contribution in [0.2, 0.25) is 0 Å². The summed E-state index contributed by atoms with van der Waals surface area (Å²) in [6, 6.07) is 0. The Morgan fingerprint density at radius 2 is 0.833 bits per heavy atom. The standard InChI is InChI=1S/CH4O.3ClH.Sb/c1-2;;;;/h2H,1H3;3*1H;/q;;;;+3/p-3. The van der Waals surface area contributed by atoms with Crippen molar-refractivity contribution in [2.45, 2.75) is 0 Å². The van der Waals surface area contributed by atoms with Crippen LogP contribution in [0.5, 0.6) is 0 Å². The largest absolute Gasteiger partial charge is 3.00 e. The molecule has 1 N–H and O–H groups in total. The molecule has 0 aliphatic heterocycles. The summed E-state index contributed by atoms with van der Waals surface area (Å²) in [5.74, 6) is 0. The molecule has 1 nitrogen and oxygen atoms in total. The van der Waals surface area contributed by atoms with Crippen molar-refractivity contribution < 1.29 is 42.3 Å². The first-order valence-corrected chi connectivity index (χ1v) is 0.447. The average Bonchev–Trinajstić information content (AvgIpc) is 1.00. The first-order valence-electron chi connectivity index (χ1n) is 0.447. The van der Waals surface area contributed by atoms with Gasteiger partial charge in [0.15, 0.2) is 0 Å². The van der Waals surface area contributed by atoms with Gasteiger partial charge in [0.25, 0.3) is 0 Å². The van der Waals surface area contributed by atoms with Gasteiger partial charge in [-0.3, -0.25) is 0 Å². The van der Waals surface area contributed by atoms with Crippen LogP contribution in [0.25, 0.3) is 0 Å². The van der Waals surface area contributed by atoms with Crippen molar-refractivity contribution in [1.82, 2.24) is 0 Å². The molecule has 0 atom stereocenters. The van der Waals surface area contributed by atoms with Crippen molar-refractivity contribution in [2.75, 3.05) is 7.11 Å². The minimum atomic E-state index is 0. The Morgan fingerprint density at radius 1 is 0.833 bits per heavy atom. The zero-order chi connectivity index (χ0) is 2.00. The Hall–Kier alpha value is 1.65. The van der Waals surface area contributed by atoms with Crippen molar-refractivity contribution in [3.05, 3.63) is 0 Å². The van der Waals surface area contributed by atoms with E-state index in [1.54, 1.807) is 0 Å². The van der Waals surface area contributed by atoms with Crippen LogP contribution >= 0.6 is 0 Å². The maximum Gasteiger partial charge on any atom is 3.00 e. The van der Waals surface area contributed by atoms with Gasteiger partial charge in [0.05, 0.1) is 0 Å². The molecular formula is CH4Cl3OSb. The summed E-state index contributed by atoms with van der Waals surface area (Å²) in [5, 5.41) is 7.00. The Balaban J connectivity index is -0.000000000833. The molecule has 0 aromatic heterocycles. The molecule has 0 amide bonds. The molecule has 0 fully saturated rings. The maximum atomic E-state index is 7.00. The van der Waals surface area contributed by atoms with E-state index in [4.69, 9.17) is 5.11 Å². The molecule has 0 saturated carbocycles. The van der Waals surface area contributed by atoms with Gasteiger partial charge >= 0.3 is 24.4 Å². The maximum absolute atomic E-state index is 7.00. The number of halogens is 3. The van der Waals surface area contributed by atoms with Crippen LogP contribution in [-0.2, 0) is 0 Å². The van der Waals surface area contributed by atoms with E-state index in [0.717, 1.165) is 7.11 Å². The third-order valence-electron chi connectivity index (χ3n) is 0. The summed E-state index contributed by atoms with van der Waals surface area (Å²) >= 11 is 0. The van der Waals surface area contributed by atoms with Crippen LogP contribution in [0, 0.1) is 0 Å². The predicted molar refractivity (Wildman–Crippen MR) is 13.9 cm³/mol. The smallest absolute Gasteiger partial charge is 1.00 e. The summed E-state index contributed by atoms with van der Waals surface area (Å²) in [4.78, 5) is 0. The van der Waals surface area contributed by atoms with Gasteiger partial charge in [-0.25, -0.2) is 0 Å². The molecule has 0 aliphatic rings. The first-order chi connectivity index (χ1) is 1.00. The van der Waals surface area contributed by atoms with E-state index in [2.05, 4.69) is 0 Å². The van der Waals surface area contributed by atoms with Crippen molar-refractivity contribution in [1.29, 1.82) is 0 Å². The molecule has 0 saturated heterocycles. The second-order valence-electron chi connectivity index (χ2n) is 0. The summed E-state index contributed by atoms with van der Waals surface area (Å²) in [5.41, 5.74) is 0. The topological polar surface area (TPSA) is 20.2 Å². The van der Waals surface area contributed by atoms with Crippen LogP contribution in [0.4, 0.5) is 0 Å². The summed E-state index contributed by atoms with van der Waals surface area (Å²) in [6.45, 7) is 0. The molecule has 0 rings (SSSR count). The molecule has 0 heterocycles. The molecule has 40 valence electrons. The minimum Gasteiger partial charge on any atom is -1.00 e. The number of hydrogen-bond acceptors (Lipinski definition) is 1. The van der Waals surface area contributed by atoms with Gasteiger partial charge in [0.1, 0.15) is 0 Å². The Morgan fingerprint density at radius 3 is 0.833 bits per heavy atom. The summed E-state index contributed by atoms with van der Waals surface area (Å²) in [6.07, 6.45) is 0. The number of aliphatic hydroxyl groups is 1. The minimum absolute atomic E-state index is 0. The van der Waals surface area contributed by atoms with E-state index in [0.29, 0.717) is 0 Å². The third-order valence-corrected chi connectivity index (χ3v) is 0. The number of hydrogen-bond donors (Lipinski definition) is 1. The average molecular weight is 260 g/mol. The third kappa shape index (κ3) is 44.9. The van der Waals surface area contributed by atoms with Crippen LogP contribution in [-0.4, -0.2) is 36.6 Å². The molecule has 0 aliphatic carbocycles. The van der Waals surface area contributed by atoms with Crippen molar-refractivity contribution in [2.24, 2.45) is 0 Å². The normalized spacial score (nSPS) is 1.00. The second-order valence-corrected chi connectivity index (χ2v) is 0. The van der Waals surface area contributed by atoms with Crippen LogP contribution < -0.4 is 37.2 Å². The summed E-state index contributed by atoms with van der Waals surface area (Å²) < 4.78 is 0. The van der Waals surface area contributed by atoms with Crippen molar-refractivity contribution in [3.8, 4) is 0 Å². The fourth-order valence-corrected chi connectivity index (χ4v) is 0. The number of aliphatic hydroxyl groups excluding tert-OH is 1. The van der Waals surface area contributed by atoms with E-state index < -0.39 is 0 Å². The molecular weight excluding hydrogens is 256 g/mol. The van der Waals surface area contributed by atoms with E-state index in [9.17, 15) is 0 Å². The molecule has 0 spiro atoms. The zero-order valence-electron chi connectivity index (χ0n) is 3.03. The Labute approximate surface area is 73.6 Å². The van der Waals surface area contributed by atoms with Gasteiger partial charge in [-0.15, -0.1) is 0 Å². The molecule has 0 unspecified atom stereocenters. The molecule has 0 aromatic carbocycles. The summed E-state index contributed by atoms with van der Waals surface area (Å²) in [7, 11) is 1.00. The predicted octanol–water partition coefficient (Wildman–Crippen LogP) is -9.76. The molecule has 2 radical (unpaired) electrons. The number of rotatable bonds is 0. The molecule has 0 aromatic rings. The van der Waals surface area contributed by atoms with Gasteiger partial charge in [-0.05, 0) is 0 Å². The van der Waals surface area contributed by atoms with E-state index in [1.165, 1.54) is 0 Å². The van der Waals surface area contributed by atoms with Crippen LogP contribution in [0.15, 0.2) is 0 Å². The van der Waals surface area contributed by atoms with E-state index in [1.807, 2.05) is 0 Å². The molecule has 6 heavy (non-hydrogen) atoms. The molecule has 5 heteroatoms. The fourth-order valence-electron chi connectivity index (χ4n) is 0. The van der Waals surface area contributed by atoms with Gasteiger partial charge in [-0.1, -0.05) is 0 Å². The van der Waals surface area contributed by atoms with Crippen LogP contribution in [0.1, 0.15) is 0 Å². The SMILES string of the molecule is CO.[Cl-].[Cl-].[Cl-].[Sb+3]. The van der Waals surface area contributed by atoms with Crippen molar-refractivity contribution in [3.63, 3.8) is 0 Å². The quantitative estimate of drug-likeness (QED) is 0.429. The Kier molecular flexibility index (Phi) is 627. The van der Waals surface area contributed by atoms with Gasteiger partial charge in [-0.2, -0.15) is 0 Å². The van der Waals surface area contributed by atoms with Gasteiger partial charge < -0.3 is 42.3 Å². The van der Waals surface area contributed by atoms with E-state index >= 15 is 0 Å². The van der Waals surface area contributed by atoms with Crippen LogP contribution in [0.3, 0.4) is 0 Å². The first kappa shape index (κ1) is 48.2. The fraction of sp³-hybridized carbons (Fsp3) is 1.00. The van der Waals surface area contributed by atoms with Gasteiger partial charge in [0, 0.05) is 7.11 Å². The molecule has 0 bridgehead atoms. The zero-order valence-corrected chi connectivity index (χ0v) is 7.85.